The molecule has 7 atom stereocenters. The highest BCUT2D eigenvalue weighted by Crippen LogP contribution is 2.45. The van der Waals surface area contributed by atoms with E-state index < -0.39 is 97.5 Å². The molecule has 0 bridgehead atoms. The molecule has 0 saturated carbocycles. The number of unbranched alkanes of at least 4 members (excludes halogenated alkanes) is 50. The molecule has 4 unspecified atom stereocenters. The van der Waals surface area contributed by atoms with Crippen LogP contribution in [0.5, 0.6) is 0 Å². The van der Waals surface area contributed by atoms with Gasteiger partial charge in [-0.3, -0.25) is 37.3 Å². The molecule has 624 valence electrons. The van der Waals surface area contributed by atoms with E-state index in [1.165, 1.54) is 257 Å². The minimum atomic E-state index is -4.97. The molecule has 0 aliphatic heterocycles. The van der Waals surface area contributed by atoms with Crippen molar-refractivity contribution in [3.05, 3.63) is 0 Å². The molecule has 0 aromatic heterocycles. The van der Waals surface area contributed by atoms with Gasteiger partial charge < -0.3 is 33.8 Å². The Morgan fingerprint density at radius 3 is 0.724 bits per heavy atom. The first-order valence-corrected chi connectivity index (χ1v) is 47.4. The molecular weight excluding hydrogens is 1370 g/mol. The van der Waals surface area contributed by atoms with Gasteiger partial charge in [0, 0.05) is 25.7 Å². The van der Waals surface area contributed by atoms with Crippen molar-refractivity contribution in [1.29, 1.82) is 0 Å². The highest BCUT2D eigenvalue weighted by atomic mass is 31.2. The molecule has 3 N–H and O–H groups in total. The van der Waals surface area contributed by atoms with Crippen molar-refractivity contribution in [3.63, 3.8) is 0 Å². The smallest absolute Gasteiger partial charge is 0.462 e. The zero-order valence-corrected chi connectivity index (χ0v) is 71.0. The maximum Gasteiger partial charge on any atom is 0.472 e. The van der Waals surface area contributed by atoms with E-state index >= 15 is 0 Å². The Hall–Kier alpha value is -1.94. The Morgan fingerprint density at radius 2 is 0.486 bits per heavy atom. The summed E-state index contributed by atoms with van der Waals surface area (Å²) in [7, 11) is -9.93. The van der Waals surface area contributed by atoms with E-state index in [1.807, 2.05) is 0 Å². The molecule has 19 heteroatoms. The fraction of sp³-hybridized carbons (Fsp3) is 0.953. The molecule has 17 nitrogen and oxygen atoms in total. The maximum absolute atomic E-state index is 13.1. The number of carbonyl (C=O) groups excluding carboxylic acids is 4. The molecule has 0 radical (unpaired) electrons. The molecule has 0 aromatic rings. The third kappa shape index (κ3) is 77.2. The van der Waals surface area contributed by atoms with E-state index in [0.29, 0.717) is 25.7 Å². The van der Waals surface area contributed by atoms with Gasteiger partial charge in [0.2, 0.25) is 0 Å². The van der Waals surface area contributed by atoms with Crippen molar-refractivity contribution >= 4 is 39.5 Å². The maximum atomic E-state index is 13.1. The minimum Gasteiger partial charge on any atom is -0.462 e. The molecule has 105 heavy (non-hydrogen) atoms. The first-order valence-electron chi connectivity index (χ1n) is 44.4. The monoisotopic (exact) mass is 1540 g/mol. The summed E-state index contributed by atoms with van der Waals surface area (Å²) >= 11 is 0. The molecule has 0 aromatic carbocycles. The van der Waals surface area contributed by atoms with Crippen molar-refractivity contribution in [2.45, 2.75) is 471 Å². The zero-order valence-electron chi connectivity index (χ0n) is 69.2. The van der Waals surface area contributed by atoms with E-state index in [4.69, 9.17) is 37.0 Å². The number of rotatable bonds is 84. The van der Waals surface area contributed by atoms with Crippen LogP contribution in [0.15, 0.2) is 0 Å². The van der Waals surface area contributed by atoms with Gasteiger partial charge in [-0.2, -0.15) is 0 Å². The molecule has 0 fully saturated rings. The molecule has 0 aliphatic carbocycles. The fourth-order valence-electron chi connectivity index (χ4n) is 13.3. The van der Waals surface area contributed by atoms with E-state index in [1.54, 1.807) is 0 Å². The Kier molecular flexibility index (Phi) is 74.7. The first-order chi connectivity index (χ1) is 50.8. The normalized spacial score (nSPS) is 14.4. The quantitative estimate of drug-likeness (QED) is 0.0222. The second kappa shape index (κ2) is 76.1. The summed E-state index contributed by atoms with van der Waals surface area (Å²) < 4.78 is 68.8. The van der Waals surface area contributed by atoms with Gasteiger partial charge in [-0.1, -0.05) is 402 Å². The van der Waals surface area contributed by atoms with Crippen molar-refractivity contribution in [3.8, 4) is 0 Å². The summed E-state index contributed by atoms with van der Waals surface area (Å²) in [6.45, 7) is 12.0. The van der Waals surface area contributed by atoms with Gasteiger partial charge in [-0.15, -0.1) is 0 Å². The van der Waals surface area contributed by atoms with Crippen LogP contribution in [0, 0.1) is 17.8 Å². The van der Waals surface area contributed by atoms with Crippen LogP contribution in [0.3, 0.4) is 0 Å². The van der Waals surface area contributed by atoms with Crippen molar-refractivity contribution in [2.24, 2.45) is 17.8 Å². The lowest BCUT2D eigenvalue weighted by atomic mass is 9.99. The average molecular weight is 1540 g/mol. The Balaban J connectivity index is 5.21. The number of carbonyl (C=O) groups is 4. The van der Waals surface area contributed by atoms with E-state index in [0.717, 1.165) is 114 Å². The summed E-state index contributed by atoms with van der Waals surface area (Å²) in [6, 6.07) is 0. The lowest BCUT2D eigenvalue weighted by Gasteiger charge is -2.21. The Bertz CT molecular complexity index is 2030. The summed E-state index contributed by atoms with van der Waals surface area (Å²) in [5.41, 5.74) is 0. The van der Waals surface area contributed by atoms with E-state index in [2.05, 4.69) is 48.5 Å². The van der Waals surface area contributed by atoms with Gasteiger partial charge in [0.15, 0.2) is 12.2 Å². The molecule has 0 heterocycles. The lowest BCUT2D eigenvalue weighted by molar-refractivity contribution is -0.161. The Morgan fingerprint density at radius 1 is 0.276 bits per heavy atom. The van der Waals surface area contributed by atoms with Gasteiger partial charge >= 0.3 is 39.5 Å². The number of aliphatic hydroxyl groups excluding tert-OH is 1. The van der Waals surface area contributed by atoms with Crippen LogP contribution >= 0.6 is 15.6 Å². The Labute approximate surface area is 645 Å². The lowest BCUT2D eigenvalue weighted by Crippen LogP contribution is -2.30. The largest absolute Gasteiger partial charge is 0.472 e. The predicted octanol–water partition coefficient (Wildman–Crippen LogP) is 26.1. The summed E-state index contributed by atoms with van der Waals surface area (Å²) in [6.07, 6.45) is 66.8. The molecule has 0 amide bonds. The molecule has 0 saturated heterocycles. The second-order valence-electron chi connectivity index (χ2n) is 31.9. The van der Waals surface area contributed by atoms with Crippen LogP contribution in [-0.4, -0.2) is 96.7 Å². The number of phosphoric acid groups is 2. The van der Waals surface area contributed by atoms with Crippen LogP contribution in [-0.2, 0) is 65.4 Å². The number of hydrogen-bond acceptors (Lipinski definition) is 15. The number of ether oxygens (including phenoxy) is 4. The topological polar surface area (TPSA) is 237 Å². The van der Waals surface area contributed by atoms with Crippen molar-refractivity contribution in [2.75, 3.05) is 39.6 Å². The van der Waals surface area contributed by atoms with Gasteiger partial charge in [-0.25, -0.2) is 9.13 Å². The number of aliphatic hydroxyl groups is 1. The van der Waals surface area contributed by atoms with Gasteiger partial charge in [0.1, 0.15) is 19.3 Å². The SMILES string of the molecule is CCCCCCCCCCCCCCCCCCCCCCC(=O)OC[C@H](COP(=O)(O)OC[C@@H](O)COP(=O)(O)OC[C@@H](COC(=O)CCCCCCCCC(C)CC)OC(=O)CCCCCCCCCCCCC(C)C)OC(=O)CCCCCCCCCCCCCCCCCCCCC(C)CC. The summed E-state index contributed by atoms with van der Waals surface area (Å²) in [5.74, 6) is 0.246. The number of hydrogen-bond donors (Lipinski definition) is 3. The molecule has 0 spiro atoms. The summed E-state index contributed by atoms with van der Waals surface area (Å²) in [4.78, 5) is 73.2. The van der Waals surface area contributed by atoms with Crippen LogP contribution < -0.4 is 0 Å². The van der Waals surface area contributed by atoms with Crippen LogP contribution in [0.4, 0.5) is 0 Å². The third-order valence-electron chi connectivity index (χ3n) is 20.9. The molecule has 0 rings (SSSR count). The second-order valence-corrected chi connectivity index (χ2v) is 34.8. The third-order valence-corrected chi connectivity index (χ3v) is 22.8. The van der Waals surface area contributed by atoms with Crippen molar-refractivity contribution in [1.82, 2.24) is 0 Å². The molecular formula is C86H168O17P2. The van der Waals surface area contributed by atoms with Crippen LogP contribution in [0.1, 0.15) is 453 Å². The van der Waals surface area contributed by atoms with Gasteiger partial charge in [-0.05, 0) is 43.4 Å². The van der Waals surface area contributed by atoms with Crippen LogP contribution in [0.25, 0.3) is 0 Å². The number of esters is 4. The highest BCUT2D eigenvalue weighted by molar-refractivity contribution is 7.47. The predicted molar refractivity (Wildman–Crippen MR) is 432 cm³/mol. The fourth-order valence-corrected chi connectivity index (χ4v) is 14.9. The first kappa shape index (κ1) is 103. The van der Waals surface area contributed by atoms with Gasteiger partial charge in [0.05, 0.1) is 26.4 Å². The van der Waals surface area contributed by atoms with Crippen LogP contribution in [0.2, 0.25) is 0 Å². The average Bonchev–Trinajstić information content (AvgIpc) is 0.918. The van der Waals surface area contributed by atoms with E-state index in [-0.39, 0.29) is 25.7 Å². The zero-order chi connectivity index (χ0) is 77.2. The van der Waals surface area contributed by atoms with Crippen molar-refractivity contribution < 1.29 is 80.2 Å². The highest BCUT2D eigenvalue weighted by Gasteiger charge is 2.30. The molecule has 0 aliphatic rings. The standard InChI is InChI=1S/C86H168O17P2/c1-8-11-12-13-14-15-16-17-18-19-20-21-25-28-31-34-40-45-53-60-67-83(88)96-73-81(102-85(90)69-62-55-46-41-35-32-29-26-23-22-24-27-30-33-39-44-51-58-65-78(6)9-2)75-100-104(92,93)98-71-80(87)72-99-105(94,95)101-76-82(74-97-84(89)68-61-54-49-48-52-59-66-79(7)10-3)103-86(91)70-63-56-47-42-37-36-38-43-50-57-64-77(4)5/h77-82,87H,8-76H2,1-7H3,(H,92,93)(H,94,95)/t78?,79?,80-,81-,82-/m1/s1. The summed E-state index contributed by atoms with van der Waals surface area (Å²) in [5, 5.41) is 10.7. The van der Waals surface area contributed by atoms with Gasteiger partial charge in [0.25, 0.3) is 0 Å². The van der Waals surface area contributed by atoms with E-state index in [9.17, 15) is 43.2 Å². The minimum absolute atomic E-state index is 0.105. The number of phosphoric ester groups is 2.